The van der Waals surface area contributed by atoms with E-state index in [0.717, 1.165) is 25.2 Å². The predicted octanol–water partition coefficient (Wildman–Crippen LogP) is 2.35. The van der Waals surface area contributed by atoms with Crippen molar-refractivity contribution in [3.05, 3.63) is 53.3 Å². The smallest absolute Gasteiger partial charge is 0.257 e. The molecule has 2 heterocycles. The average molecular weight is 255 g/mol. The van der Waals surface area contributed by atoms with Crippen LogP contribution in [0.5, 0.6) is 0 Å². The van der Waals surface area contributed by atoms with Crippen molar-refractivity contribution in [1.29, 1.82) is 0 Å². The van der Waals surface area contributed by atoms with E-state index in [2.05, 4.69) is 34.5 Å². The Morgan fingerprint density at radius 1 is 1.37 bits per heavy atom. The molecule has 4 heteroatoms. The van der Waals surface area contributed by atoms with Crippen molar-refractivity contribution in [2.45, 2.75) is 19.3 Å². The molecule has 98 valence electrons. The quantitative estimate of drug-likeness (QED) is 0.895. The molecule has 1 aromatic heterocycles. The molecule has 1 amide bonds. The van der Waals surface area contributed by atoms with Crippen LogP contribution in [0.1, 0.15) is 34.0 Å². The molecule has 4 nitrogen and oxygen atoms in total. The number of hydrogen-bond acceptors (Lipinski definition) is 2. The molecule has 0 radical (unpaired) electrons. The molecule has 3 rings (SSSR count). The molecule has 1 saturated heterocycles. The normalized spacial score (nSPS) is 18.8. The van der Waals surface area contributed by atoms with Gasteiger partial charge in [0.05, 0.1) is 11.8 Å². The lowest BCUT2D eigenvalue weighted by Gasteiger charge is -2.16. The van der Waals surface area contributed by atoms with E-state index < -0.39 is 0 Å². The molecule has 1 aliphatic rings. The number of rotatable bonds is 2. The van der Waals surface area contributed by atoms with E-state index >= 15 is 0 Å². The number of aromatic amines is 1. The standard InChI is InChI=1S/C15H17N3O/c1-11-14(9-16-17-11)15(19)18-8-7-13(10-18)12-5-3-2-4-6-12/h2-6,9,13H,7-8,10H2,1H3,(H,16,17). The number of aryl methyl sites for hydroxylation is 1. The summed E-state index contributed by atoms with van der Waals surface area (Å²) in [5.41, 5.74) is 2.85. The number of likely N-dealkylation sites (tertiary alicyclic amines) is 1. The zero-order valence-corrected chi connectivity index (χ0v) is 11.0. The Labute approximate surface area is 112 Å². The fourth-order valence-electron chi connectivity index (χ4n) is 2.68. The van der Waals surface area contributed by atoms with Gasteiger partial charge in [-0.25, -0.2) is 0 Å². The first-order chi connectivity index (χ1) is 9.25. The van der Waals surface area contributed by atoms with E-state index in [1.165, 1.54) is 5.56 Å². The van der Waals surface area contributed by atoms with Gasteiger partial charge in [0.2, 0.25) is 0 Å². The topological polar surface area (TPSA) is 49.0 Å². The number of nitrogens with zero attached hydrogens (tertiary/aromatic N) is 2. The second-order valence-electron chi connectivity index (χ2n) is 5.06. The number of hydrogen-bond donors (Lipinski definition) is 1. The number of amides is 1. The first-order valence-corrected chi connectivity index (χ1v) is 6.60. The highest BCUT2D eigenvalue weighted by molar-refractivity contribution is 5.95. The Bertz CT molecular complexity index is 576. The van der Waals surface area contributed by atoms with Gasteiger partial charge >= 0.3 is 0 Å². The zero-order chi connectivity index (χ0) is 13.2. The van der Waals surface area contributed by atoms with Crippen molar-refractivity contribution >= 4 is 5.91 Å². The maximum atomic E-state index is 12.4. The van der Waals surface area contributed by atoms with Crippen LogP contribution in [-0.4, -0.2) is 34.1 Å². The monoisotopic (exact) mass is 255 g/mol. The molecule has 0 aliphatic carbocycles. The third-order valence-corrected chi connectivity index (χ3v) is 3.81. The SMILES string of the molecule is Cc1[nH]ncc1C(=O)N1CCC(c2ccccc2)C1. The Balaban J connectivity index is 1.73. The zero-order valence-electron chi connectivity index (χ0n) is 11.0. The highest BCUT2D eigenvalue weighted by Crippen LogP contribution is 2.28. The largest absolute Gasteiger partial charge is 0.338 e. The third kappa shape index (κ3) is 2.26. The van der Waals surface area contributed by atoms with Crippen molar-refractivity contribution in [2.24, 2.45) is 0 Å². The molecule has 1 unspecified atom stereocenters. The van der Waals surface area contributed by atoms with Gasteiger partial charge in [0.1, 0.15) is 0 Å². The van der Waals surface area contributed by atoms with Crippen LogP contribution in [-0.2, 0) is 0 Å². The number of aromatic nitrogens is 2. The molecule has 0 bridgehead atoms. The Kier molecular flexibility index (Phi) is 3.07. The number of H-pyrrole nitrogens is 1. The van der Waals surface area contributed by atoms with E-state index in [-0.39, 0.29) is 5.91 Å². The Morgan fingerprint density at radius 2 is 2.16 bits per heavy atom. The summed E-state index contributed by atoms with van der Waals surface area (Å²) < 4.78 is 0. The van der Waals surface area contributed by atoms with Crippen LogP contribution < -0.4 is 0 Å². The van der Waals surface area contributed by atoms with Gasteiger partial charge in [-0.1, -0.05) is 30.3 Å². The number of nitrogens with one attached hydrogen (secondary N) is 1. The van der Waals surface area contributed by atoms with Crippen LogP contribution in [0.25, 0.3) is 0 Å². The summed E-state index contributed by atoms with van der Waals surface area (Å²) in [5, 5.41) is 6.74. The van der Waals surface area contributed by atoms with Crippen molar-refractivity contribution in [3.8, 4) is 0 Å². The lowest BCUT2D eigenvalue weighted by Crippen LogP contribution is -2.28. The molecule has 1 N–H and O–H groups in total. The van der Waals surface area contributed by atoms with Gasteiger partial charge < -0.3 is 4.90 Å². The van der Waals surface area contributed by atoms with Crippen LogP contribution in [0.2, 0.25) is 0 Å². The van der Waals surface area contributed by atoms with Crippen LogP contribution in [0.15, 0.2) is 36.5 Å². The van der Waals surface area contributed by atoms with Crippen LogP contribution in [0.3, 0.4) is 0 Å². The summed E-state index contributed by atoms with van der Waals surface area (Å²) in [6, 6.07) is 10.4. The Hall–Kier alpha value is -2.10. The second kappa shape index (κ2) is 4.88. The summed E-state index contributed by atoms with van der Waals surface area (Å²) >= 11 is 0. The van der Waals surface area contributed by atoms with Gasteiger partial charge in [-0.2, -0.15) is 5.10 Å². The van der Waals surface area contributed by atoms with Crippen molar-refractivity contribution < 1.29 is 4.79 Å². The van der Waals surface area contributed by atoms with Crippen molar-refractivity contribution in [3.63, 3.8) is 0 Å². The van der Waals surface area contributed by atoms with E-state index in [4.69, 9.17) is 0 Å². The predicted molar refractivity (Wildman–Crippen MR) is 73.0 cm³/mol. The van der Waals surface area contributed by atoms with Crippen LogP contribution >= 0.6 is 0 Å². The lowest BCUT2D eigenvalue weighted by molar-refractivity contribution is 0.0790. The molecule has 19 heavy (non-hydrogen) atoms. The van der Waals surface area contributed by atoms with E-state index in [1.807, 2.05) is 17.9 Å². The maximum absolute atomic E-state index is 12.4. The minimum absolute atomic E-state index is 0.0877. The van der Waals surface area contributed by atoms with Gasteiger partial charge in [0.15, 0.2) is 0 Å². The van der Waals surface area contributed by atoms with Crippen LogP contribution in [0, 0.1) is 6.92 Å². The van der Waals surface area contributed by atoms with Gasteiger partial charge in [0.25, 0.3) is 5.91 Å². The fraction of sp³-hybridized carbons (Fsp3) is 0.333. The molecule has 1 fully saturated rings. The highest BCUT2D eigenvalue weighted by Gasteiger charge is 2.28. The molecule has 0 saturated carbocycles. The van der Waals surface area contributed by atoms with Gasteiger partial charge in [0, 0.05) is 24.7 Å². The van der Waals surface area contributed by atoms with Crippen molar-refractivity contribution in [2.75, 3.05) is 13.1 Å². The maximum Gasteiger partial charge on any atom is 0.257 e. The van der Waals surface area contributed by atoms with Crippen molar-refractivity contribution in [1.82, 2.24) is 15.1 Å². The van der Waals surface area contributed by atoms with E-state index in [0.29, 0.717) is 11.5 Å². The molecular formula is C15H17N3O. The average Bonchev–Trinajstić information content (AvgIpc) is 3.08. The molecule has 1 aromatic carbocycles. The van der Waals surface area contributed by atoms with E-state index in [9.17, 15) is 4.79 Å². The van der Waals surface area contributed by atoms with E-state index in [1.54, 1.807) is 6.20 Å². The molecular weight excluding hydrogens is 238 g/mol. The summed E-state index contributed by atoms with van der Waals surface area (Å²) in [7, 11) is 0. The summed E-state index contributed by atoms with van der Waals surface area (Å²) in [4.78, 5) is 14.3. The summed E-state index contributed by atoms with van der Waals surface area (Å²) in [5.74, 6) is 0.544. The number of carbonyl (C=O) groups excluding carboxylic acids is 1. The number of benzene rings is 1. The fourth-order valence-corrected chi connectivity index (χ4v) is 2.68. The molecule has 1 atom stereocenters. The Morgan fingerprint density at radius 3 is 2.84 bits per heavy atom. The van der Waals surface area contributed by atoms with Gasteiger partial charge in [-0.05, 0) is 18.9 Å². The first-order valence-electron chi connectivity index (χ1n) is 6.60. The molecule has 0 spiro atoms. The minimum Gasteiger partial charge on any atom is -0.338 e. The summed E-state index contributed by atoms with van der Waals surface area (Å²) in [6.45, 7) is 3.50. The molecule has 2 aromatic rings. The highest BCUT2D eigenvalue weighted by atomic mass is 16.2. The van der Waals surface area contributed by atoms with Gasteiger partial charge in [-0.3, -0.25) is 9.89 Å². The first kappa shape index (κ1) is 12.0. The second-order valence-corrected chi connectivity index (χ2v) is 5.06. The third-order valence-electron chi connectivity index (χ3n) is 3.81. The minimum atomic E-state index is 0.0877. The lowest BCUT2D eigenvalue weighted by atomic mass is 9.99. The van der Waals surface area contributed by atoms with Gasteiger partial charge in [-0.15, -0.1) is 0 Å². The van der Waals surface area contributed by atoms with Crippen LogP contribution in [0.4, 0.5) is 0 Å². The number of carbonyl (C=O) groups is 1. The molecule has 1 aliphatic heterocycles. The summed E-state index contributed by atoms with van der Waals surface area (Å²) in [6.07, 6.45) is 2.65.